The van der Waals surface area contributed by atoms with Crippen molar-refractivity contribution in [1.29, 1.82) is 0 Å². The lowest BCUT2D eigenvalue weighted by Gasteiger charge is -2.16. The van der Waals surface area contributed by atoms with Gasteiger partial charge in [0.1, 0.15) is 0 Å². The van der Waals surface area contributed by atoms with Crippen molar-refractivity contribution >= 4 is 17.7 Å². The molecule has 1 aromatic heterocycles. The molecule has 26 heavy (non-hydrogen) atoms. The number of aromatic nitrogens is 2. The van der Waals surface area contributed by atoms with E-state index >= 15 is 0 Å². The number of fused-ring (bicyclic) bond motifs is 3. The Kier molecular flexibility index (Phi) is 4.02. The summed E-state index contributed by atoms with van der Waals surface area (Å²) in [5.41, 5.74) is 4.97. The van der Waals surface area contributed by atoms with E-state index < -0.39 is 12.2 Å². The number of cyclic esters (lactones) is 1. The van der Waals surface area contributed by atoms with Crippen molar-refractivity contribution < 1.29 is 19.1 Å². The van der Waals surface area contributed by atoms with Gasteiger partial charge in [-0.3, -0.25) is 14.8 Å². The van der Waals surface area contributed by atoms with Crippen molar-refractivity contribution in [2.24, 2.45) is 0 Å². The quantitative estimate of drug-likeness (QED) is 0.872. The van der Waals surface area contributed by atoms with Gasteiger partial charge in [0, 0.05) is 23.9 Å². The number of anilines is 1. The average Bonchev–Trinajstić information content (AvgIpc) is 3.19. The number of carbonyl (C=O) groups is 2. The number of nitrogens with one attached hydrogen (secondary N) is 2. The average molecular weight is 356 g/mol. The fourth-order valence-corrected chi connectivity index (χ4v) is 3.60. The molecule has 8 nitrogen and oxygen atoms in total. The van der Waals surface area contributed by atoms with Crippen LogP contribution in [-0.4, -0.2) is 49.0 Å². The van der Waals surface area contributed by atoms with Crippen molar-refractivity contribution in [2.75, 3.05) is 25.6 Å². The number of aromatic amines is 1. The summed E-state index contributed by atoms with van der Waals surface area (Å²) < 4.78 is 10.5. The van der Waals surface area contributed by atoms with E-state index in [-0.39, 0.29) is 12.5 Å². The van der Waals surface area contributed by atoms with Gasteiger partial charge < -0.3 is 14.8 Å². The highest BCUT2D eigenvalue weighted by Crippen LogP contribution is 2.37. The first-order valence-corrected chi connectivity index (χ1v) is 8.56. The van der Waals surface area contributed by atoms with Gasteiger partial charge in [0.15, 0.2) is 6.10 Å². The zero-order valence-corrected chi connectivity index (χ0v) is 14.7. The van der Waals surface area contributed by atoms with Crippen molar-refractivity contribution in [1.82, 2.24) is 15.5 Å². The second kappa shape index (κ2) is 6.36. The number of nitrogens with zero attached hydrogens (tertiary/aromatic N) is 2. The third-order valence-electron chi connectivity index (χ3n) is 4.92. The standard InChI is InChI=1S/C18H20N4O4/c1-19-16(23)14-9-22(18(24)26-14)11-6-7-12-10(8-11)4-3-5-13-15(12)20-21-17(13)25-2/h6-8,14H,3-5,9H2,1-2H3,(H,19,23)(H,20,21)/t14-/m1/s1. The van der Waals surface area contributed by atoms with Gasteiger partial charge in [-0.2, -0.15) is 0 Å². The van der Waals surface area contributed by atoms with Crippen LogP contribution < -0.4 is 15.0 Å². The van der Waals surface area contributed by atoms with Gasteiger partial charge in [0.05, 0.1) is 19.3 Å². The molecule has 2 aliphatic rings. The monoisotopic (exact) mass is 356 g/mol. The predicted octanol–water partition coefficient (Wildman–Crippen LogP) is 1.65. The van der Waals surface area contributed by atoms with Crippen molar-refractivity contribution in [2.45, 2.75) is 25.4 Å². The van der Waals surface area contributed by atoms with Crippen LogP contribution in [0.1, 0.15) is 17.5 Å². The topological polar surface area (TPSA) is 96.5 Å². The smallest absolute Gasteiger partial charge is 0.415 e. The van der Waals surface area contributed by atoms with Crippen molar-refractivity contribution in [3.8, 4) is 17.1 Å². The molecule has 2 aromatic rings. The molecule has 8 heteroatoms. The largest absolute Gasteiger partial charge is 0.480 e. The minimum Gasteiger partial charge on any atom is -0.480 e. The molecule has 1 saturated heterocycles. The Morgan fingerprint density at radius 2 is 2.27 bits per heavy atom. The first kappa shape index (κ1) is 16.4. The van der Waals surface area contributed by atoms with Gasteiger partial charge in [0.2, 0.25) is 5.88 Å². The second-order valence-electron chi connectivity index (χ2n) is 6.38. The zero-order valence-electron chi connectivity index (χ0n) is 14.7. The molecule has 0 spiro atoms. The van der Waals surface area contributed by atoms with E-state index in [0.29, 0.717) is 5.88 Å². The van der Waals surface area contributed by atoms with Crippen LogP contribution >= 0.6 is 0 Å². The van der Waals surface area contributed by atoms with E-state index in [0.717, 1.165) is 47.3 Å². The number of carbonyl (C=O) groups excluding carboxylic acids is 2. The highest BCUT2D eigenvalue weighted by Gasteiger charge is 2.36. The number of amides is 2. The molecule has 2 heterocycles. The minimum absolute atomic E-state index is 0.209. The van der Waals surface area contributed by atoms with E-state index in [2.05, 4.69) is 15.5 Å². The van der Waals surface area contributed by atoms with Crippen LogP contribution in [0.2, 0.25) is 0 Å². The van der Waals surface area contributed by atoms with Crippen LogP contribution in [0.15, 0.2) is 18.2 Å². The molecule has 1 aromatic carbocycles. The molecule has 0 saturated carbocycles. The van der Waals surface area contributed by atoms with Gasteiger partial charge in [0.25, 0.3) is 5.91 Å². The SMILES string of the molecule is CNC(=O)[C@H]1CN(c2ccc3c(c2)CCCc2c(OC)n[nH]c2-3)C(=O)O1. The van der Waals surface area contributed by atoms with Crippen LogP contribution in [0, 0.1) is 0 Å². The molecular weight excluding hydrogens is 336 g/mol. The Labute approximate surface area is 150 Å². The maximum atomic E-state index is 12.2. The normalized spacial score (nSPS) is 18.6. The molecule has 2 amide bonds. The molecule has 0 bridgehead atoms. The number of rotatable bonds is 3. The summed E-state index contributed by atoms with van der Waals surface area (Å²) >= 11 is 0. The van der Waals surface area contributed by atoms with E-state index in [9.17, 15) is 9.59 Å². The van der Waals surface area contributed by atoms with Crippen LogP contribution in [0.5, 0.6) is 5.88 Å². The highest BCUT2D eigenvalue weighted by atomic mass is 16.6. The van der Waals surface area contributed by atoms with Crippen LogP contribution in [0.4, 0.5) is 10.5 Å². The van der Waals surface area contributed by atoms with Crippen LogP contribution in [0.3, 0.4) is 0 Å². The van der Waals surface area contributed by atoms with E-state index in [1.807, 2.05) is 18.2 Å². The summed E-state index contributed by atoms with van der Waals surface area (Å²) in [6, 6.07) is 5.84. The first-order chi connectivity index (χ1) is 12.6. The van der Waals surface area contributed by atoms with Crippen molar-refractivity contribution in [3.63, 3.8) is 0 Å². The summed E-state index contributed by atoms with van der Waals surface area (Å²) in [4.78, 5) is 25.4. The first-order valence-electron chi connectivity index (χ1n) is 8.56. The number of ether oxygens (including phenoxy) is 2. The van der Waals surface area contributed by atoms with Crippen LogP contribution in [-0.2, 0) is 22.4 Å². The molecule has 4 rings (SSSR count). The summed E-state index contributed by atoms with van der Waals surface area (Å²) in [5.74, 6) is 0.332. The molecule has 2 N–H and O–H groups in total. The molecule has 1 aliphatic heterocycles. The van der Waals surface area contributed by atoms with E-state index in [4.69, 9.17) is 9.47 Å². The molecule has 0 unspecified atom stereocenters. The molecule has 1 fully saturated rings. The lowest BCUT2D eigenvalue weighted by Crippen LogP contribution is -2.35. The second-order valence-corrected chi connectivity index (χ2v) is 6.38. The number of hydrogen-bond acceptors (Lipinski definition) is 5. The lowest BCUT2D eigenvalue weighted by molar-refractivity contribution is -0.127. The summed E-state index contributed by atoms with van der Waals surface area (Å²) in [5, 5.41) is 9.81. The Bertz CT molecular complexity index is 876. The molecule has 136 valence electrons. The van der Waals surface area contributed by atoms with Gasteiger partial charge in [-0.1, -0.05) is 6.07 Å². The molecule has 1 atom stereocenters. The molecule has 0 radical (unpaired) electrons. The maximum absolute atomic E-state index is 12.2. The number of likely N-dealkylation sites (N-methyl/N-ethyl adjacent to an activating group) is 1. The summed E-state index contributed by atoms with van der Waals surface area (Å²) in [6.45, 7) is 0.209. The lowest BCUT2D eigenvalue weighted by atomic mass is 10.0. The van der Waals surface area contributed by atoms with Gasteiger partial charge >= 0.3 is 6.09 Å². The van der Waals surface area contributed by atoms with Gasteiger partial charge in [-0.05, 0) is 37.0 Å². The Morgan fingerprint density at radius 3 is 3.04 bits per heavy atom. The fraction of sp³-hybridized carbons (Fsp3) is 0.389. The number of benzene rings is 1. The number of hydrogen-bond donors (Lipinski definition) is 2. The fourth-order valence-electron chi connectivity index (χ4n) is 3.60. The Morgan fingerprint density at radius 1 is 1.42 bits per heavy atom. The molecular formula is C18H20N4O4. The Balaban J connectivity index is 1.67. The third kappa shape index (κ3) is 2.58. The number of H-pyrrole nitrogens is 1. The summed E-state index contributed by atoms with van der Waals surface area (Å²) in [6.07, 6.45) is 1.44. The van der Waals surface area contributed by atoms with Crippen LogP contribution in [0.25, 0.3) is 11.3 Å². The van der Waals surface area contributed by atoms with Gasteiger partial charge in [-0.15, -0.1) is 5.10 Å². The number of aryl methyl sites for hydroxylation is 1. The van der Waals surface area contributed by atoms with Crippen molar-refractivity contribution in [3.05, 3.63) is 29.3 Å². The molecule has 1 aliphatic carbocycles. The maximum Gasteiger partial charge on any atom is 0.415 e. The zero-order chi connectivity index (χ0) is 18.3. The predicted molar refractivity (Wildman–Crippen MR) is 94.3 cm³/mol. The Hall–Kier alpha value is -3.03. The minimum atomic E-state index is -0.783. The van der Waals surface area contributed by atoms with Gasteiger partial charge in [-0.25, -0.2) is 4.79 Å². The van der Waals surface area contributed by atoms with E-state index in [1.54, 1.807) is 7.11 Å². The number of methoxy groups -OCH3 is 1. The third-order valence-corrected chi connectivity index (χ3v) is 4.92. The van der Waals surface area contributed by atoms with E-state index in [1.165, 1.54) is 11.9 Å². The summed E-state index contributed by atoms with van der Waals surface area (Å²) in [7, 11) is 3.14. The highest BCUT2D eigenvalue weighted by molar-refractivity contribution is 5.96.